The average molecular weight is 397 g/mol. The molecule has 0 aromatic heterocycles. The number of hydrogen-bond donors (Lipinski definition) is 0. The van der Waals surface area contributed by atoms with Gasteiger partial charge < -0.3 is 14.5 Å². The maximum atomic E-state index is 12.6. The quantitative estimate of drug-likeness (QED) is 0.713. The fraction of sp³-hybridized carbons (Fsp3) is 0.556. The van der Waals surface area contributed by atoms with Crippen LogP contribution in [0.2, 0.25) is 0 Å². The number of hydrogen-bond acceptors (Lipinski definition) is 5. The highest BCUT2D eigenvalue weighted by Crippen LogP contribution is 2.22. The zero-order valence-corrected chi connectivity index (χ0v) is 17.0. The fourth-order valence-electron chi connectivity index (χ4n) is 2.86. The van der Waals surface area contributed by atoms with Crippen LogP contribution in [0.3, 0.4) is 0 Å². The van der Waals surface area contributed by atoms with E-state index in [4.69, 9.17) is 4.74 Å². The van der Waals surface area contributed by atoms with Crippen molar-refractivity contribution in [2.75, 3.05) is 43.3 Å². The van der Waals surface area contributed by atoms with Crippen LogP contribution in [0.1, 0.15) is 20.8 Å². The molecule has 1 fully saturated rings. The minimum atomic E-state index is -3.63. The minimum Gasteiger partial charge on any atom is -0.491 e. The summed E-state index contributed by atoms with van der Waals surface area (Å²) in [5.74, 6) is 0.323. The monoisotopic (exact) mass is 397 g/mol. The van der Waals surface area contributed by atoms with Crippen molar-refractivity contribution in [1.82, 2.24) is 9.80 Å². The number of carbonyl (C=O) groups is 2. The summed E-state index contributed by atoms with van der Waals surface area (Å²) in [6, 6.07) is 6.62. The Morgan fingerprint density at radius 1 is 1.07 bits per heavy atom. The maximum absolute atomic E-state index is 12.6. The van der Waals surface area contributed by atoms with Crippen molar-refractivity contribution in [1.29, 1.82) is 0 Å². The number of rotatable bonds is 6. The molecule has 0 aliphatic carbocycles. The number of ether oxygens (including phenoxy) is 1. The molecule has 150 valence electrons. The van der Waals surface area contributed by atoms with Crippen LogP contribution in [0.15, 0.2) is 24.3 Å². The second-order valence-electron chi connectivity index (χ2n) is 6.82. The van der Waals surface area contributed by atoms with Crippen molar-refractivity contribution in [3.05, 3.63) is 24.3 Å². The van der Waals surface area contributed by atoms with E-state index < -0.39 is 10.0 Å². The number of amides is 2. The number of carbonyl (C=O) groups excluding carboxylic acids is 2. The van der Waals surface area contributed by atoms with Gasteiger partial charge >= 0.3 is 0 Å². The zero-order valence-electron chi connectivity index (χ0n) is 16.2. The first kappa shape index (κ1) is 21.0. The van der Waals surface area contributed by atoms with E-state index in [0.29, 0.717) is 37.6 Å². The Kier molecular flexibility index (Phi) is 6.69. The molecule has 1 saturated heterocycles. The van der Waals surface area contributed by atoms with Gasteiger partial charge in [0, 0.05) is 33.1 Å². The SMILES string of the molecule is CC(=O)N1CCN(C(=O)CN(c2ccc(OC(C)C)cc2)S(C)(=O)=O)CC1. The van der Waals surface area contributed by atoms with Gasteiger partial charge in [-0.2, -0.15) is 0 Å². The Hall–Kier alpha value is -2.29. The molecule has 8 nitrogen and oxygen atoms in total. The Morgan fingerprint density at radius 3 is 2.04 bits per heavy atom. The van der Waals surface area contributed by atoms with Gasteiger partial charge in [-0.1, -0.05) is 0 Å². The van der Waals surface area contributed by atoms with Crippen molar-refractivity contribution in [2.24, 2.45) is 0 Å². The molecule has 0 spiro atoms. The molecule has 0 unspecified atom stereocenters. The van der Waals surface area contributed by atoms with Crippen LogP contribution in [0.4, 0.5) is 5.69 Å². The second kappa shape index (κ2) is 8.60. The predicted molar refractivity (Wildman–Crippen MR) is 103 cm³/mol. The van der Waals surface area contributed by atoms with Gasteiger partial charge in [0.15, 0.2) is 0 Å². The summed E-state index contributed by atoms with van der Waals surface area (Å²) in [7, 11) is -3.63. The second-order valence-corrected chi connectivity index (χ2v) is 8.72. The van der Waals surface area contributed by atoms with Crippen molar-refractivity contribution in [2.45, 2.75) is 26.9 Å². The molecule has 0 atom stereocenters. The number of benzene rings is 1. The zero-order chi connectivity index (χ0) is 20.2. The van der Waals surface area contributed by atoms with E-state index in [-0.39, 0.29) is 24.5 Å². The van der Waals surface area contributed by atoms with E-state index in [1.807, 2.05) is 13.8 Å². The molecule has 9 heteroatoms. The van der Waals surface area contributed by atoms with Crippen LogP contribution in [-0.4, -0.2) is 75.1 Å². The fourth-order valence-corrected chi connectivity index (χ4v) is 3.71. The number of nitrogens with zero attached hydrogens (tertiary/aromatic N) is 3. The Bertz CT molecular complexity index is 769. The highest BCUT2D eigenvalue weighted by molar-refractivity contribution is 7.92. The summed E-state index contributed by atoms with van der Waals surface area (Å²) in [5.41, 5.74) is 0.407. The van der Waals surface area contributed by atoms with E-state index in [0.717, 1.165) is 10.6 Å². The molecule has 0 saturated carbocycles. The van der Waals surface area contributed by atoms with E-state index in [2.05, 4.69) is 0 Å². The maximum Gasteiger partial charge on any atom is 0.243 e. The summed E-state index contributed by atoms with van der Waals surface area (Å²) < 4.78 is 31.1. The molecule has 27 heavy (non-hydrogen) atoms. The molecule has 1 aliphatic rings. The highest BCUT2D eigenvalue weighted by atomic mass is 32.2. The van der Waals surface area contributed by atoms with E-state index in [1.54, 1.807) is 34.1 Å². The van der Waals surface area contributed by atoms with Gasteiger partial charge in [-0.05, 0) is 38.1 Å². The van der Waals surface area contributed by atoms with Crippen molar-refractivity contribution in [3.63, 3.8) is 0 Å². The first-order chi connectivity index (χ1) is 12.6. The lowest BCUT2D eigenvalue weighted by Crippen LogP contribution is -2.52. The summed E-state index contributed by atoms with van der Waals surface area (Å²) in [6.07, 6.45) is 1.09. The standard InChI is InChI=1S/C18H27N3O5S/c1-14(2)26-17-7-5-16(6-8-17)21(27(4,24)25)13-18(23)20-11-9-19(10-12-20)15(3)22/h5-8,14H,9-13H2,1-4H3. The normalized spacial score (nSPS) is 15.0. The topological polar surface area (TPSA) is 87.2 Å². The van der Waals surface area contributed by atoms with Crippen LogP contribution < -0.4 is 9.04 Å². The van der Waals surface area contributed by atoms with Gasteiger partial charge in [0.25, 0.3) is 0 Å². The van der Waals surface area contributed by atoms with E-state index in [1.165, 1.54) is 6.92 Å². The molecule has 1 heterocycles. The molecule has 1 aromatic rings. The summed E-state index contributed by atoms with van der Waals surface area (Å²) in [6.45, 7) is 6.75. The predicted octanol–water partition coefficient (Wildman–Crippen LogP) is 0.930. The lowest BCUT2D eigenvalue weighted by molar-refractivity contribution is -0.137. The highest BCUT2D eigenvalue weighted by Gasteiger charge is 2.27. The Balaban J connectivity index is 2.09. The van der Waals surface area contributed by atoms with E-state index in [9.17, 15) is 18.0 Å². The van der Waals surface area contributed by atoms with Crippen LogP contribution in [0.5, 0.6) is 5.75 Å². The first-order valence-corrected chi connectivity index (χ1v) is 10.7. The molecular formula is C18H27N3O5S. The van der Waals surface area contributed by atoms with Crippen molar-refractivity contribution in [3.8, 4) is 5.75 Å². The van der Waals surface area contributed by atoms with Gasteiger partial charge in [-0.3, -0.25) is 13.9 Å². The third kappa shape index (κ3) is 5.85. The molecule has 0 bridgehead atoms. The van der Waals surface area contributed by atoms with Crippen molar-refractivity contribution >= 4 is 27.5 Å². The Morgan fingerprint density at radius 2 is 1.59 bits per heavy atom. The summed E-state index contributed by atoms with van der Waals surface area (Å²) in [5, 5.41) is 0. The summed E-state index contributed by atoms with van der Waals surface area (Å²) >= 11 is 0. The molecule has 1 aromatic carbocycles. The van der Waals surface area contributed by atoms with Crippen LogP contribution in [0, 0.1) is 0 Å². The molecule has 0 N–H and O–H groups in total. The molecule has 1 aliphatic heterocycles. The lowest BCUT2D eigenvalue weighted by Gasteiger charge is -2.35. The first-order valence-electron chi connectivity index (χ1n) is 8.85. The largest absolute Gasteiger partial charge is 0.491 e. The number of sulfonamides is 1. The van der Waals surface area contributed by atoms with E-state index >= 15 is 0 Å². The van der Waals surface area contributed by atoms with Gasteiger partial charge in [0.1, 0.15) is 12.3 Å². The summed E-state index contributed by atoms with van der Waals surface area (Å²) in [4.78, 5) is 27.3. The molecule has 2 rings (SSSR count). The smallest absolute Gasteiger partial charge is 0.243 e. The molecular weight excluding hydrogens is 370 g/mol. The van der Waals surface area contributed by atoms with Gasteiger partial charge in [-0.15, -0.1) is 0 Å². The van der Waals surface area contributed by atoms with Crippen LogP contribution >= 0.6 is 0 Å². The Labute approximate surface area is 160 Å². The van der Waals surface area contributed by atoms with Gasteiger partial charge in [-0.25, -0.2) is 8.42 Å². The van der Waals surface area contributed by atoms with Crippen LogP contribution in [-0.2, 0) is 19.6 Å². The minimum absolute atomic E-state index is 0.0112. The lowest BCUT2D eigenvalue weighted by atomic mass is 10.2. The number of anilines is 1. The van der Waals surface area contributed by atoms with Gasteiger partial charge in [0.05, 0.1) is 18.0 Å². The third-order valence-corrected chi connectivity index (χ3v) is 5.39. The van der Waals surface area contributed by atoms with Crippen molar-refractivity contribution < 1.29 is 22.7 Å². The molecule has 0 radical (unpaired) electrons. The van der Waals surface area contributed by atoms with Gasteiger partial charge in [0.2, 0.25) is 21.8 Å². The number of piperazine rings is 1. The third-order valence-electron chi connectivity index (χ3n) is 4.25. The van der Waals surface area contributed by atoms with Crippen LogP contribution in [0.25, 0.3) is 0 Å². The average Bonchev–Trinajstić information content (AvgIpc) is 2.59. The molecule has 2 amide bonds.